The molecule has 2 aromatic heterocycles. The third kappa shape index (κ3) is 3.52. The highest BCUT2D eigenvalue weighted by Gasteiger charge is 2.13. The van der Waals surface area contributed by atoms with Gasteiger partial charge in [0.2, 0.25) is 0 Å². The van der Waals surface area contributed by atoms with Crippen molar-refractivity contribution < 1.29 is 4.52 Å². The van der Waals surface area contributed by atoms with Crippen molar-refractivity contribution in [1.29, 1.82) is 0 Å². The zero-order chi connectivity index (χ0) is 17.9. The largest absolute Gasteiger partial charge is 0.356 e. The summed E-state index contributed by atoms with van der Waals surface area (Å²) >= 11 is 7.51. The van der Waals surface area contributed by atoms with E-state index >= 15 is 0 Å². The van der Waals surface area contributed by atoms with Gasteiger partial charge in [0.05, 0.1) is 5.69 Å². The van der Waals surface area contributed by atoms with Crippen LogP contribution in [-0.4, -0.2) is 19.9 Å². The van der Waals surface area contributed by atoms with E-state index in [9.17, 15) is 0 Å². The maximum Gasteiger partial charge on any atom is 0.191 e. The van der Waals surface area contributed by atoms with Crippen molar-refractivity contribution in [3.63, 3.8) is 0 Å². The molecule has 0 amide bonds. The fourth-order valence-corrected chi connectivity index (χ4v) is 3.47. The molecule has 2 heterocycles. The Balaban J connectivity index is 1.47. The van der Waals surface area contributed by atoms with Crippen LogP contribution in [0.25, 0.3) is 22.7 Å². The van der Waals surface area contributed by atoms with Crippen molar-refractivity contribution in [3.05, 3.63) is 71.4 Å². The monoisotopic (exact) mass is 382 g/mol. The van der Waals surface area contributed by atoms with Gasteiger partial charge in [0.25, 0.3) is 0 Å². The summed E-state index contributed by atoms with van der Waals surface area (Å²) in [6, 6.07) is 19.4. The van der Waals surface area contributed by atoms with Crippen LogP contribution in [0.15, 0.2) is 70.3 Å². The van der Waals surface area contributed by atoms with Crippen LogP contribution in [0.4, 0.5) is 0 Å². The summed E-state index contributed by atoms with van der Waals surface area (Å²) in [4.78, 5) is 0. The quantitative estimate of drug-likeness (QED) is 0.450. The molecule has 0 radical (unpaired) electrons. The minimum absolute atomic E-state index is 0.656. The molecule has 4 rings (SSSR count). The van der Waals surface area contributed by atoms with Gasteiger partial charge in [-0.3, -0.25) is 0 Å². The van der Waals surface area contributed by atoms with E-state index in [4.69, 9.17) is 16.1 Å². The number of halogens is 1. The summed E-state index contributed by atoms with van der Waals surface area (Å²) in [5, 5.41) is 14.2. The molecular formula is C19H15ClN4OS. The van der Waals surface area contributed by atoms with Gasteiger partial charge in [0, 0.05) is 35.0 Å². The number of hydrogen-bond donors (Lipinski definition) is 0. The Hall–Kier alpha value is -2.57. The Morgan fingerprint density at radius 3 is 2.54 bits per heavy atom. The molecule has 2 aromatic carbocycles. The Morgan fingerprint density at radius 2 is 1.77 bits per heavy atom. The first-order chi connectivity index (χ1) is 12.7. The van der Waals surface area contributed by atoms with Gasteiger partial charge < -0.3 is 9.09 Å². The minimum Gasteiger partial charge on any atom is -0.356 e. The molecule has 130 valence electrons. The Morgan fingerprint density at radius 1 is 1.00 bits per heavy atom. The minimum atomic E-state index is 0.656. The molecule has 0 spiro atoms. The smallest absolute Gasteiger partial charge is 0.191 e. The lowest BCUT2D eigenvalue weighted by Crippen LogP contribution is -1.95. The molecule has 4 aromatic rings. The summed E-state index contributed by atoms with van der Waals surface area (Å²) < 4.78 is 7.40. The summed E-state index contributed by atoms with van der Waals surface area (Å²) in [7, 11) is 1.95. The summed E-state index contributed by atoms with van der Waals surface area (Å²) in [6.45, 7) is 0. The number of aromatic nitrogens is 4. The first kappa shape index (κ1) is 16.9. The number of thioether (sulfide) groups is 1. The molecule has 0 unspecified atom stereocenters. The van der Waals surface area contributed by atoms with Crippen molar-refractivity contribution in [2.45, 2.75) is 10.9 Å². The highest BCUT2D eigenvalue weighted by atomic mass is 35.5. The van der Waals surface area contributed by atoms with Crippen LogP contribution < -0.4 is 0 Å². The number of hydrogen-bond acceptors (Lipinski definition) is 5. The van der Waals surface area contributed by atoms with Crippen LogP contribution in [0.5, 0.6) is 0 Å². The third-order valence-corrected chi connectivity index (χ3v) is 5.21. The molecule has 0 saturated heterocycles. The lowest BCUT2D eigenvalue weighted by atomic mass is 10.2. The molecule has 0 aliphatic carbocycles. The van der Waals surface area contributed by atoms with Crippen LogP contribution in [-0.2, 0) is 12.8 Å². The van der Waals surface area contributed by atoms with Crippen molar-refractivity contribution in [1.82, 2.24) is 19.9 Å². The lowest BCUT2D eigenvalue weighted by molar-refractivity contribution is 0.426. The average Bonchev–Trinajstić information content (AvgIpc) is 3.29. The van der Waals surface area contributed by atoms with Crippen molar-refractivity contribution >= 4 is 23.4 Å². The Labute approximate surface area is 160 Å². The van der Waals surface area contributed by atoms with Crippen molar-refractivity contribution in [2.24, 2.45) is 7.05 Å². The molecule has 0 atom stereocenters. The van der Waals surface area contributed by atoms with E-state index in [2.05, 4.69) is 15.4 Å². The first-order valence-corrected chi connectivity index (χ1v) is 9.36. The van der Waals surface area contributed by atoms with Gasteiger partial charge in [-0.15, -0.1) is 10.2 Å². The Bertz CT molecular complexity index is 1010. The van der Waals surface area contributed by atoms with E-state index in [-0.39, 0.29) is 0 Å². The van der Waals surface area contributed by atoms with Crippen LogP contribution >= 0.6 is 23.4 Å². The van der Waals surface area contributed by atoms with Gasteiger partial charge in [-0.25, -0.2) is 0 Å². The number of nitrogens with zero attached hydrogens (tertiary/aromatic N) is 4. The molecule has 7 heteroatoms. The molecule has 26 heavy (non-hydrogen) atoms. The SMILES string of the molecule is Cn1c(SCc2cc(-c3ccccc3)on2)nnc1-c1ccc(Cl)cc1. The molecule has 5 nitrogen and oxygen atoms in total. The molecule has 0 fully saturated rings. The standard InChI is InChI=1S/C19H15ClN4OS/c1-24-18(14-7-9-15(20)10-8-14)21-22-19(24)26-12-16-11-17(25-23-16)13-5-3-2-4-6-13/h2-11H,12H2,1H3. The fourth-order valence-electron chi connectivity index (χ4n) is 2.55. The summed E-state index contributed by atoms with van der Waals surface area (Å²) in [6.07, 6.45) is 0. The zero-order valence-electron chi connectivity index (χ0n) is 14.0. The number of benzene rings is 2. The second kappa shape index (κ2) is 7.35. The predicted molar refractivity (Wildman–Crippen MR) is 103 cm³/mol. The summed E-state index contributed by atoms with van der Waals surface area (Å²) in [5.74, 6) is 2.22. The van der Waals surface area contributed by atoms with Crippen LogP contribution in [0.3, 0.4) is 0 Å². The van der Waals surface area contributed by atoms with Gasteiger partial charge in [-0.1, -0.05) is 58.9 Å². The van der Waals surface area contributed by atoms with E-state index in [1.807, 2.05) is 72.3 Å². The molecule has 0 N–H and O–H groups in total. The topological polar surface area (TPSA) is 56.7 Å². The number of rotatable bonds is 5. The highest BCUT2D eigenvalue weighted by Crippen LogP contribution is 2.27. The van der Waals surface area contributed by atoms with Gasteiger partial charge in [0.1, 0.15) is 0 Å². The molecule has 0 aliphatic rings. The Kier molecular flexibility index (Phi) is 4.77. The van der Waals surface area contributed by atoms with Gasteiger partial charge in [-0.2, -0.15) is 0 Å². The fraction of sp³-hybridized carbons (Fsp3) is 0.105. The van der Waals surface area contributed by atoms with E-state index in [0.717, 1.165) is 33.6 Å². The average molecular weight is 383 g/mol. The van der Waals surface area contributed by atoms with Crippen LogP contribution in [0.2, 0.25) is 5.02 Å². The molecule has 0 bridgehead atoms. The van der Waals surface area contributed by atoms with E-state index < -0.39 is 0 Å². The van der Waals surface area contributed by atoms with Gasteiger partial charge >= 0.3 is 0 Å². The second-order valence-corrected chi connectivity index (χ2v) is 7.09. The highest BCUT2D eigenvalue weighted by molar-refractivity contribution is 7.98. The summed E-state index contributed by atoms with van der Waals surface area (Å²) in [5.41, 5.74) is 2.86. The van der Waals surface area contributed by atoms with Crippen molar-refractivity contribution in [3.8, 4) is 22.7 Å². The molecular weight excluding hydrogens is 368 g/mol. The lowest BCUT2D eigenvalue weighted by Gasteiger charge is -2.03. The van der Waals surface area contributed by atoms with Gasteiger partial charge in [-0.05, 0) is 24.3 Å². The normalized spacial score (nSPS) is 11.0. The predicted octanol–water partition coefficient (Wildman–Crippen LogP) is 5.08. The van der Waals surface area contributed by atoms with E-state index in [0.29, 0.717) is 10.8 Å². The zero-order valence-corrected chi connectivity index (χ0v) is 15.5. The van der Waals surface area contributed by atoms with E-state index in [1.165, 1.54) is 0 Å². The first-order valence-electron chi connectivity index (χ1n) is 8.00. The van der Waals surface area contributed by atoms with Gasteiger partial charge in [0.15, 0.2) is 16.7 Å². The van der Waals surface area contributed by atoms with Crippen LogP contribution in [0.1, 0.15) is 5.69 Å². The molecule has 0 aliphatic heterocycles. The molecule has 0 saturated carbocycles. The van der Waals surface area contributed by atoms with E-state index in [1.54, 1.807) is 11.8 Å². The maximum absolute atomic E-state index is 5.95. The van der Waals surface area contributed by atoms with Crippen molar-refractivity contribution in [2.75, 3.05) is 0 Å². The maximum atomic E-state index is 5.95. The third-order valence-electron chi connectivity index (χ3n) is 3.90. The van der Waals surface area contributed by atoms with Crippen LogP contribution in [0, 0.1) is 0 Å². The second-order valence-electron chi connectivity index (χ2n) is 5.71.